The zero-order valence-corrected chi connectivity index (χ0v) is 29.6. The average molecular weight is 661 g/mol. The second-order valence-corrected chi connectivity index (χ2v) is 16.3. The van der Waals surface area contributed by atoms with Crippen LogP contribution < -0.4 is 10.2 Å². The number of amides is 2. The van der Waals surface area contributed by atoms with Crippen molar-refractivity contribution in [2.45, 2.75) is 110 Å². The smallest absolute Gasteiger partial charge is 0.348 e. The van der Waals surface area contributed by atoms with E-state index in [1.165, 1.54) is 11.3 Å². The van der Waals surface area contributed by atoms with Gasteiger partial charge in [-0.25, -0.2) is 4.79 Å². The van der Waals surface area contributed by atoms with E-state index in [1.54, 1.807) is 12.3 Å². The number of hydrogen-bond acceptors (Lipinski definition) is 6. The van der Waals surface area contributed by atoms with Crippen molar-refractivity contribution in [1.29, 1.82) is 0 Å². The SMILES string of the molecule is CC1CCC(C(=O)N(c2cc(C#CC(C)(C)C)sc2C(=O)O)C2CCC(Cc3cc(C(=O)NC4CCN(C)CC4)ccn3)CC2)CC1. The summed E-state index contributed by atoms with van der Waals surface area (Å²) in [4.78, 5) is 49.5. The van der Waals surface area contributed by atoms with Crippen LogP contribution in [-0.2, 0) is 11.2 Å². The number of carboxylic acids is 1. The Hall–Kier alpha value is -3.22. The molecule has 0 radical (unpaired) electrons. The zero-order valence-electron chi connectivity index (χ0n) is 28.8. The van der Waals surface area contributed by atoms with Crippen molar-refractivity contribution < 1.29 is 19.5 Å². The molecule has 254 valence electrons. The van der Waals surface area contributed by atoms with Crippen LogP contribution >= 0.6 is 11.3 Å². The molecule has 0 aromatic carbocycles. The van der Waals surface area contributed by atoms with Crippen LogP contribution in [0.15, 0.2) is 24.4 Å². The summed E-state index contributed by atoms with van der Waals surface area (Å²) in [5.74, 6) is 6.35. The lowest BCUT2D eigenvalue weighted by atomic mass is 9.80. The third-order valence-electron chi connectivity index (χ3n) is 10.1. The normalized spacial score (nSPS) is 24.2. The summed E-state index contributed by atoms with van der Waals surface area (Å²) in [5.41, 5.74) is 1.87. The van der Waals surface area contributed by atoms with E-state index in [0.717, 1.165) is 89.4 Å². The van der Waals surface area contributed by atoms with Gasteiger partial charge in [-0.05, 0) is 142 Å². The zero-order chi connectivity index (χ0) is 33.7. The Balaban J connectivity index is 1.30. The summed E-state index contributed by atoms with van der Waals surface area (Å²) in [6.45, 7) is 10.3. The van der Waals surface area contributed by atoms with Gasteiger partial charge in [0.15, 0.2) is 0 Å². The number of aromatic carboxylic acids is 1. The molecule has 0 atom stereocenters. The number of piperidine rings is 1. The molecule has 3 fully saturated rings. The number of anilines is 1. The first-order chi connectivity index (χ1) is 22.4. The standard InChI is InChI=1S/C38H52N4O4S/c1-25-6-10-27(11-7-25)36(44)42(33-24-32(14-18-38(2,3)4)47-34(33)37(45)46)31-12-8-26(9-13-31)22-30-23-28(15-19-39-30)35(43)40-29-16-20-41(5)21-17-29/h15,19,23-27,29,31H,6-13,16-17,20-22H2,1-5H3,(H,40,43)(H,45,46). The van der Waals surface area contributed by atoms with E-state index < -0.39 is 5.97 Å². The largest absolute Gasteiger partial charge is 0.477 e. The average Bonchev–Trinajstić information content (AvgIpc) is 3.46. The Morgan fingerprint density at radius 3 is 2.34 bits per heavy atom. The maximum absolute atomic E-state index is 14.3. The van der Waals surface area contributed by atoms with Crippen molar-refractivity contribution in [3.05, 3.63) is 45.4 Å². The lowest BCUT2D eigenvalue weighted by Gasteiger charge is -2.39. The molecule has 2 aromatic heterocycles. The van der Waals surface area contributed by atoms with E-state index in [0.29, 0.717) is 28.0 Å². The highest BCUT2D eigenvalue weighted by Crippen LogP contribution is 2.40. The molecule has 0 spiro atoms. The van der Waals surface area contributed by atoms with Gasteiger partial charge in [-0.1, -0.05) is 18.8 Å². The van der Waals surface area contributed by atoms with Gasteiger partial charge in [0, 0.05) is 40.9 Å². The molecule has 3 heterocycles. The van der Waals surface area contributed by atoms with Crippen molar-refractivity contribution in [2.75, 3.05) is 25.0 Å². The second kappa shape index (κ2) is 15.3. The minimum absolute atomic E-state index is 0.0327. The van der Waals surface area contributed by atoms with E-state index in [9.17, 15) is 19.5 Å². The van der Waals surface area contributed by atoms with Gasteiger partial charge in [0.2, 0.25) is 5.91 Å². The number of nitrogens with one attached hydrogen (secondary N) is 1. The van der Waals surface area contributed by atoms with Crippen LogP contribution in [0.25, 0.3) is 0 Å². The van der Waals surface area contributed by atoms with Crippen LogP contribution in [0.2, 0.25) is 0 Å². The number of thiophene rings is 1. The van der Waals surface area contributed by atoms with Crippen molar-refractivity contribution in [1.82, 2.24) is 15.2 Å². The first-order valence-corrected chi connectivity index (χ1v) is 18.4. The lowest BCUT2D eigenvalue weighted by Crippen LogP contribution is -2.46. The molecule has 2 saturated carbocycles. The van der Waals surface area contributed by atoms with Gasteiger partial charge < -0.3 is 20.2 Å². The summed E-state index contributed by atoms with van der Waals surface area (Å²) < 4.78 is 0. The minimum Gasteiger partial charge on any atom is -0.477 e. The molecule has 2 N–H and O–H groups in total. The van der Waals surface area contributed by atoms with Crippen LogP contribution in [0.4, 0.5) is 5.69 Å². The Kier molecular flexibility index (Phi) is 11.5. The van der Waals surface area contributed by atoms with Gasteiger partial charge in [-0.2, -0.15) is 0 Å². The molecule has 1 saturated heterocycles. The fourth-order valence-electron chi connectivity index (χ4n) is 7.28. The number of aromatic nitrogens is 1. The molecule has 2 aliphatic carbocycles. The second-order valence-electron chi connectivity index (χ2n) is 15.3. The molecule has 2 aromatic rings. The minimum atomic E-state index is -1.01. The predicted molar refractivity (Wildman–Crippen MR) is 188 cm³/mol. The van der Waals surface area contributed by atoms with Gasteiger partial charge in [-0.15, -0.1) is 11.3 Å². The van der Waals surface area contributed by atoms with Gasteiger partial charge in [0.1, 0.15) is 4.88 Å². The summed E-state index contributed by atoms with van der Waals surface area (Å²) in [6, 6.07) is 5.71. The molecule has 5 rings (SSSR count). The summed E-state index contributed by atoms with van der Waals surface area (Å²) in [7, 11) is 2.11. The molecular weight excluding hydrogens is 609 g/mol. The third kappa shape index (κ3) is 9.45. The number of nitrogens with zero attached hydrogens (tertiary/aromatic N) is 3. The number of likely N-dealkylation sites (tertiary alicyclic amines) is 1. The van der Waals surface area contributed by atoms with E-state index in [1.807, 2.05) is 37.8 Å². The van der Waals surface area contributed by atoms with Crippen molar-refractivity contribution in [3.63, 3.8) is 0 Å². The van der Waals surface area contributed by atoms with Gasteiger partial charge in [0.25, 0.3) is 5.91 Å². The Labute approximate surface area is 284 Å². The fraction of sp³-hybridized carbons (Fsp3) is 0.632. The number of carboxylic acid groups (broad SMARTS) is 1. The molecule has 2 amide bonds. The van der Waals surface area contributed by atoms with Gasteiger partial charge in [0.05, 0.1) is 10.6 Å². The number of carbonyl (C=O) groups excluding carboxylic acids is 2. The van der Waals surface area contributed by atoms with E-state index in [2.05, 4.69) is 41.0 Å². The summed E-state index contributed by atoms with van der Waals surface area (Å²) in [6.07, 6.45) is 11.6. The topological polar surface area (TPSA) is 103 Å². The van der Waals surface area contributed by atoms with E-state index in [-0.39, 0.29) is 40.1 Å². The quantitative estimate of drug-likeness (QED) is 0.295. The third-order valence-corrected chi connectivity index (χ3v) is 11.2. The number of rotatable bonds is 8. The number of pyridine rings is 1. The van der Waals surface area contributed by atoms with Crippen LogP contribution in [0.3, 0.4) is 0 Å². The van der Waals surface area contributed by atoms with Gasteiger partial charge in [-0.3, -0.25) is 14.6 Å². The maximum atomic E-state index is 14.3. The Morgan fingerprint density at radius 1 is 1.02 bits per heavy atom. The van der Waals surface area contributed by atoms with Crippen LogP contribution in [0.1, 0.15) is 123 Å². The molecule has 8 nitrogen and oxygen atoms in total. The van der Waals surface area contributed by atoms with Crippen LogP contribution in [0, 0.1) is 35.0 Å². The molecule has 3 aliphatic rings. The monoisotopic (exact) mass is 660 g/mol. The highest BCUT2D eigenvalue weighted by atomic mass is 32.1. The summed E-state index contributed by atoms with van der Waals surface area (Å²) >= 11 is 1.17. The predicted octanol–water partition coefficient (Wildman–Crippen LogP) is 7.02. The first-order valence-electron chi connectivity index (χ1n) is 17.5. The van der Waals surface area contributed by atoms with Crippen molar-refractivity contribution >= 4 is 34.8 Å². The fourth-order valence-corrected chi connectivity index (χ4v) is 8.12. The number of hydrogen-bond donors (Lipinski definition) is 2. The lowest BCUT2D eigenvalue weighted by molar-refractivity contribution is -0.124. The summed E-state index contributed by atoms with van der Waals surface area (Å²) in [5, 5.41) is 13.4. The van der Waals surface area contributed by atoms with E-state index in [4.69, 9.17) is 0 Å². The Morgan fingerprint density at radius 2 is 1.70 bits per heavy atom. The number of carbonyl (C=O) groups is 3. The maximum Gasteiger partial charge on any atom is 0.348 e. The van der Waals surface area contributed by atoms with Gasteiger partial charge >= 0.3 is 5.97 Å². The van der Waals surface area contributed by atoms with Crippen molar-refractivity contribution in [2.24, 2.45) is 23.2 Å². The molecular formula is C38H52N4O4S. The molecule has 0 unspecified atom stereocenters. The first kappa shape index (κ1) is 35.1. The van der Waals surface area contributed by atoms with Crippen molar-refractivity contribution in [3.8, 4) is 11.8 Å². The highest BCUT2D eigenvalue weighted by Gasteiger charge is 2.37. The van der Waals surface area contributed by atoms with Crippen LogP contribution in [0.5, 0.6) is 0 Å². The van der Waals surface area contributed by atoms with E-state index >= 15 is 0 Å². The molecule has 0 bridgehead atoms. The van der Waals surface area contributed by atoms with Crippen LogP contribution in [-0.4, -0.2) is 65.0 Å². The molecule has 1 aliphatic heterocycles. The molecule has 9 heteroatoms. The molecule has 47 heavy (non-hydrogen) atoms. The Bertz CT molecular complexity index is 1480. The highest BCUT2D eigenvalue weighted by molar-refractivity contribution is 7.15.